The molecule has 0 aliphatic carbocycles. The third-order valence-corrected chi connectivity index (χ3v) is 3.14. The third-order valence-electron chi connectivity index (χ3n) is 3.14. The normalized spacial score (nSPS) is 10.0. The number of rotatable bonds is 7. The van der Waals surface area contributed by atoms with Crippen molar-refractivity contribution in [3.63, 3.8) is 0 Å². The van der Waals surface area contributed by atoms with Crippen LogP contribution in [0.2, 0.25) is 0 Å². The van der Waals surface area contributed by atoms with Gasteiger partial charge in [0.25, 0.3) is 0 Å². The zero-order valence-corrected chi connectivity index (χ0v) is 12.7. The minimum absolute atomic E-state index is 0.629. The summed E-state index contributed by atoms with van der Waals surface area (Å²) in [5, 5.41) is 3.38. The van der Waals surface area contributed by atoms with Gasteiger partial charge in [0.15, 0.2) is 0 Å². The molecule has 2 rings (SSSR count). The van der Waals surface area contributed by atoms with Crippen molar-refractivity contribution in [2.75, 3.05) is 26.1 Å². The molecule has 0 bridgehead atoms. The fourth-order valence-electron chi connectivity index (χ4n) is 2.10. The van der Waals surface area contributed by atoms with E-state index in [1.54, 1.807) is 14.2 Å². The van der Waals surface area contributed by atoms with E-state index in [2.05, 4.69) is 5.32 Å². The number of ether oxygens (including phenoxy) is 3. The van der Waals surface area contributed by atoms with Crippen LogP contribution in [0.3, 0.4) is 0 Å². The molecule has 0 heterocycles. The molecular weight excluding hydrogens is 266 g/mol. The SMILES string of the molecule is CCOc1ccccc1NCc1cc(OC)ccc1OC. The second-order valence-electron chi connectivity index (χ2n) is 4.46. The number of hydrogen-bond acceptors (Lipinski definition) is 4. The number of benzene rings is 2. The molecule has 4 heteroatoms. The standard InChI is InChI=1S/C17H21NO3/c1-4-21-17-8-6-5-7-15(17)18-12-13-11-14(19-2)9-10-16(13)20-3/h5-11,18H,4,12H2,1-3H3. The Bertz CT molecular complexity index is 584. The van der Waals surface area contributed by atoms with Crippen LogP contribution in [0.4, 0.5) is 5.69 Å². The summed E-state index contributed by atoms with van der Waals surface area (Å²) in [4.78, 5) is 0. The summed E-state index contributed by atoms with van der Waals surface area (Å²) >= 11 is 0. The molecule has 0 atom stereocenters. The van der Waals surface area contributed by atoms with E-state index in [9.17, 15) is 0 Å². The molecule has 0 aliphatic rings. The number of nitrogens with one attached hydrogen (secondary N) is 1. The van der Waals surface area contributed by atoms with Crippen molar-refractivity contribution in [3.05, 3.63) is 48.0 Å². The minimum Gasteiger partial charge on any atom is -0.497 e. The molecule has 1 N–H and O–H groups in total. The molecule has 2 aromatic rings. The fourth-order valence-corrected chi connectivity index (χ4v) is 2.10. The van der Waals surface area contributed by atoms with E-state index in [1.807, 2.05) is 49.4 Å². The lowest BCUT2D eigenvalue weighted by atomic mass is 10.1. The van der Waals surface area contributed by atoms with Gasteiger partial charge >= 0.3 is 0 Å². The lowest BCUT2D eigenvalue weighted by Crippen LogP contribution is -2.04. The topological polar surface area (TPSA) is 39.7 Å². The van der Waals surface area contributed by atoms with E-state index < -0.39 is 0 Å². The van der Waals surface area contributed by atoms with Crippen LogP contribution in [-0.2, 0) is 6.54 Å². The van der Waals surface area contributed by atoms with Crippen molar-refractivity contribution in [1.29, 1.82) is 0 Å². The molecule has 0 spiro atoms. The Balaban J connectivity index is 2.16. The Morgan fingerprint density at radius 1 is 0.952 bits per heavy atom. The number of anilines is 1. The first-order chi connectivity index (χ1) is 10.3. The van der Waals surface area contributed by atoms with Gasteiger partial charge in [-0.1, -0.05) is 12.1 Å². The molecule has 0 fully saturated rings. The summed E-state index contributed by atoms with van der Waals surface area (Å²) in [6.45, 7) is 3.24. The highest BCUT2D eigenvalue weighted by molar-refractivity contribution is 5.57. The van der Waals surface area contributed by atoms with E-state index in [1.165, 1.54) is 0 Å². The Kier molecular flexibility index (Phi) is 5.32. The highest BCUT2D eigenvalue weighted by Gasteiger charge is 2.07. The van der Waals surface area contributed by atoms with Gasteiger partial charge in [0.05, 0.1) is 26.5 Å². The predicted molar refractivity (Wildman–Crippen MR) is 84.5 cm³/mol. The molecule has 0 radical (unpaired) electrons. The maximum absolute atomic E-state index is 5.61. The van der Waals surface area contributed by atoms with Gasteiger partial charge in [0, 0.05) is 12.1 Å². The molecule has 2 aromatic carbocycles. The van der Waals surface area contributed by atoms with Gasteiger partial charge in [-0.15, -0.1) is 0 Å². The largest absolute Gasteiger partial charge is 0.497 e. The summed E-state index contributed by atoms with van der Waals surface area (Å²) in [5.41, 5.74) is 1.99. The Labute approximate surface area is 125 Å². The first-order valence-corrected chi connectivity index (χ1v) is 6.95. The lowest BCUT2D eigenvalue weighted by molar-refractivity contribution is 0.341. The van der Waals surface area contributed by atoms with Crippen molar-refractivity contribution < 1.29 is 14.2 Å². The maximum Gasteiger partial charge on any atom is 0.142 e. The average Bonchev–Trinajstić information content (AvgIpc) is 2.54. The summed E-state index contributed by atoms with van der Waals surface area (Å²) in [5.74, 6) is 2.49. The molecule has 0 saturated heterocycles. The molecule has 0 saturated carbocycles. The summed E-state index contributed by atoms with van der Waals surface area (Å²) < 4.78 is 16.3. The van der Waals surface area contributed by atoms with Crippen molar-refractivity contribution >= 4 is 5.69 Å². The van der Waals surface area contributed by atoms with Crippen LogP contribution in [0.25, 0.3) is 0 Å². The van der Waals surface area contributed by atoms with Gasteiger partial charge in [-0.25, -0.2) is 0 Å². The van der Waals surface area contributed by atoms with Crippen LogP contribution in [0.5, 0.6) is 17.2 Å². The molecular formula is C17H21NO3. The lowest BCUT2D eigenvalue weighted by Gasteiger charge is -2.14. The summed E-state index contributed by atoms with van der Waals surface area (Å²) in [6.07, 6.45) is 0. The van der Waals surface area contributed by atoms with Crippen LogP contribution in [0, 0.1) is 0 Å². The van der Waals surface area contributed by atoms with E-state index in [0.29, 0.717) is 13.2 Å². The Morgan fingerprint density at radius 2 is 1.76 bits per heavy atom. The van der Waals surface area contributed by atoms with E-state index in [-0.39, 0.29) is 0 Å². The van der Waals surface area contributed by atoms with Crippen molar-refractivity contribution in [1.82, 2.24) is 0 Å². The first-order valence-electron chi connectivity index (χ1n) is 6.95. The summed E-state index contributed by atoms with van der Waals surface area (Å²) in [6, 6.07) is 13.7. The van der Waals surface area contributed by atoms with E-state index >= 15 is 0 Å². The van der Waals surface area contributed by atoms with E-state index in [4.69, 9.17) is 14.2 Å². The molecule has 0 aromatic heterocycles. The number of methoxy groups -OCH3 is 2. The van der Waals surface area contributed by atoms with Crippen LogP contribution >= 0.6 is 0 Å². The maximum atomic E-state index is 5.61. The minimum atomic E-state index is 0.629. The molecule has 112 valence electrons. The molecule has 0 amide bonds. The predicted octanol–water partition coefficient (Wildman–Crippen LogP) is 3.71. The zero-order valence-electron chi connectivity index (χ0n) is 12.7. The molecule has 21 heavy (non-hydrogen) atoms. The van der Waals surface area contributed by atoms with E-state index in [0.717, 1.165) is 28.5 Å². The second kappa shape index (κ2) is 7.43. The first kappa shape index (κ1) is 15.0. The van der Waals surface area contributed by atoms with Gasteiger partial charge < -0.3 is 19.5 Å². The third kappa shape index (κ3) is 3.81. The monoisotopic (exact) mass is 287 g/mol. The zero-order chi connectivity index (χ0) is 15.1. The van der Waals surface area contributed by atoms with Crippen LogP contribution in [0.15, 0.2) is 42.5 Å². The fraction of sp³-hybridized carbons (Fsp3) is 0.294. The van der Waals surface area contributed by atoms with Gasteiger partial charge in [-0.2, -0.15) is 0 Å². The van der Waals surface area contributed by atoms with Crippen molar-refractivity contribution in [3.8, 4) is 17.2 Å². The quantitative estimate of drug-likeness (QED) is 0.842. The Morgan fingerprint density at radius 3 is 2.48 bits per heavy atom. The van der Waals surface area contributed by atoms with Gasteiger partial charge in [0.1, 0.15) is 17.2 Å². The van der Waals surface area contributed by atoms with Gasteiger partial charge in [-0.3, -0.25) is 0 Å². The smallest absolute Gasteiger partial charge is 0.142 e. The second-order valence-corrected chi connectivity index (χ2v) is 4.46. The average molecular weight is 287 g/mol. The molecule has 4 nitrogen and oxygen atoms in total. The van der Waals surface area contributed by atoms with Crippen LogP contribution in [0.1, 0.15) is 12.5 Å². The summed E-state index contributed by atoms with van der Waals surface area (Å²) in [7, 11) is 3.32. The van der Waals surface area contributed by atoms with Gasteiger partial charge in [-0.05, 0) is 37.3 Å². The van der Waals surface area contributed by atoms with Crippen LogP contribution in [-0.4, -0.2) is 20.8 Å². The highest BCUT2D eigenvalue weighted by atomic mass is 16.5. The van der Waals surface area contributed by atoms with Gasteiger partial charge in [0.2, 0.25) is 0 Å². The van der Waals surface area contributed by atoms with Crippen molar-refractivity contribution in [2.45, 2.75) is 13.5 Å². The molecule has 0 unspecified atom stereocenters. The molecule has 0 aliphatic heterocycles. The highest BCUT2D eigenvalue weighted by Crippen LogP contribution is 2.28. The Hall–Kier alpha value is -2.36. The number of para-hydroxylation sites is 2. The van der Waals surface area contributed by atoms with Crippen molar-refractivity contribution in [2.24, 2.45) is 0 Å². The number of hydrogen-bond donors (Lipinski definition) is 1. The van der Waals surface area contributed by atoms with Crippen LogP contribution < -0.4 is 19.5 Å².